The minimum absolute atomic E-state index is 0.372. The van der Waals surface area contributed by atoms with Crippen LogP contribution in [0.1, 0.15) is 22.8 Å². The molecule has 4 nitrogen and oxygen atoms in total. The van der Waals surface area contributed by atoms with Gasteiger partial charge in [-0.1, -0.05) is 23.4 Å². The van der Waals surface area contributed by atoms with Crippen LogP contribution in [0, 0.1) is 11.6 Å². The Morgan fingerprint density at radius 1 is 1.10 bits per heavy atom. The van der Waals surface area contributed by atoms with E-state index >= 15 is 0 Å². The summed E-state index contributed by atoms with van der Waals surface area (Å²) < 4.78 is 27.0. The number of nitrogens with zero attached hydrogens (tertiary/aromatic N) is 1. The fraction of sp³-hybridized carbons (Fsp3) is 0.0667. The van der Waals surface area contributed by atoms with Gasteiger partial charge in [0.05, 0.1) is 5.71 Å². The van der Waals surface area contributed by atoms with Crippen LogP contribution < -0.4 is 5.32 Å². The zero-order valence-electron chi connectivity index (χ0n) is 11.1. The molecule has 0 aliphatic rings. The highest BCUT2D eigenvalue weighted by Gasteiger charge is 2.16. The van der Waals surface area contributed by atoms with E-state index in [1.807, 2.05) is 0 Å². The summed E-state index contributed by atoms with van der Waals surface area (Å²) in [4.78, 5) is 11.9. The normalized spacial score (nSPS) is 11.3. The number of halogens is 2. The first kappa shape index (κ1) is 14.6. The predicted molar refractivity (Wildman–Crippen MR) is 74.8 cm³/mol. The fourth-order valence-electron chi connectivity index (χ4n) is 1.76. The average molecular weight is 290 g/mol. The Morgan fingerprint density at radius 2 is 1.67 bits per heavy atom. The van der Waals surface area contributed by atoms with Gasteiger partial charge in [0.25, 0.3) is 5.91 Å². The molecular weight excluding hydrogens is 278 g/mol. The van der Waals surface area contributed by atoms with Crippen LogP contribution in [0.5, 0.6) is 0 Å². The number of nitrogens with one attached hydrogen (secondary N) is 1. The van der Waals surface area contributed by atoms with E-state index in [4.69, 9.17) is 5.21 Å². The minimum atomic E-state index is -0.924. The number of amides is 1. The average Bonchev–Trinajstić information content (AvgIpc) is 2.47. The molecule has 0 unspecified atom stereocenters. The molecule has 0 aliphatic heterocycles. The molecule has 0 fully saturated rings. The van der Waals surface area contributed by atoms with Crippen molar-refractivity contribution < 1.29 is 18.8 Å². The molecule has 0 bridgehead atoms. The molecule has 0 atom stereocenters. The summed E-state index contributed by atoms with van der Waals surface area (Å²) in [6.07, 6.45) is 0. The Bertz CT molecular complexity index is 677. The van der Waals surface area contributed by atoms with Gasteiger partial charge in [0, 0.05) is 5.69 Å². The van der Waals surface area contributed by atoms with Gasteiger partial charge in [0.2, 0.25) is 0 Å². The highest BCUT2D eigenvalue weighted by Crippen LogP contribution is 2.16. The van der Waals surface area contributed by atoms with Gasteiger partial charge in [-0.3, -0.25) is 4.79 Å². The summed E-state index contributed by atoms with van der Waals surface area (Å²) in [7, 11) is 0. The number of carbonyl (C=O) groups excluding carboxylic acids is 1. The number of hydrogen-bond acceptors (Lipinski definition) is 3. The highest BCUT2D eigenvalue weighted by atomic mass is 19.1. The smallest absolute Gasteiger partial charge is 0.261 e. The van der Waals surface area contributed by atoms with Crippen LogP contribution >= 0.6 is 0 Å². The molecule has 0 spiro atoms. The topological polar surface area (TPSA) is 61.7 Å². The van der Waals surface area contributed by atoms with Gasteiger partial charge in [-0.05, 0) is 36.8 Å². The van der Waals surface area contributed by atoms with E-state index in [0.29, 0.717) is 17.0 Å². The zero-order valence-corrected chi connectivity index (χ0v) is 11.1. The van der Waals surface area contributed by atoms with Crippen molar-refractivity contribution in [3.05, 3.63) is 65.2 Å². The molecular formula is C15H12F2N2O2. The molecule has 2 aromatic carbocycles. The monoisotopic (exact) mass is 290 g/mol. The van der Waals surface area contributed by atoms with Gasteiger partial charge in [0.15, 0.2) is 0 Å². The van der Waals surface area contributed by atoms with Crippen molar-refractivity contribution in [2.45, 2.75) is 6.92 Å². The number of benzene rings is 2. The van der Waals surface area contributed by atoms with Crippen LogP contribution in [0.2, 0.25) is 0 Å². The summed E-state index contributed by atoms with van der Waals surface area (Å²) in [5.41, 5.74) is 0.812. The first-order valence-electron chi connectivity index (χ1n) is 6.07. The molecule has 0 aliphatic carbocycles. The van der Waals surface area contributed by atoms with Gasteiger partial charge < -0.3 is 10.5 Å². The second-order valence-corrected chi connectivity index (χ2v) is 4.31. The third kappa shape index (κ3) is 3.22. The fourth-order valence-corrected chi connectivity index (χ4v) is 1.76. The van der Waals surface area contributed by atoms with Gasteiger partial charge >= 0.3 is 0 Å². The maximum absolute atomic E-state index is 13.5. The SMILES string of the molecule is C/C(=N\O)c1ccc(NC(=O)c2c(F)cccc2F)cc1. The van der Waals surface area contributed by atoms with Gasteiger partial charge in [-0.25, -0.2) is 8.78 Å². The van der Waals surface area contributed by atoms with E-state index in [9.17, 15) is 13.6 Å². The van der Waals surface area contributed by atoms with Gasteiger partial charge in [-0.15, -0.1) is 0 Å². The Morgan fingerprint density at radius 3 is 2.19 bits per heavy atom. The third-order valence-corrected chi connectivity index (χ3v) is 2.90. The Labute approximate surface area is 119 Å². The van der Waals surface area contributed by atoms with Crippen LogP contribution in [0.25, 0.3) is 0 Å². The number of rotatable bonds is 3. The summed E-state index contributed by atoms with van der Waals surface area (Å²) in [6.45, 7) is 1.61. The molecule has 0 aromatic heterocycles. The Hall–Kier alpha value is -2.76. The largest absolute Gasteiger partial charge is 0.411 e. The van der Waals surface area contributed by atoms with E-state index in [-0.39, 0.29) is 0 Å². The van der Waals surface area contributed by atoms with Crippen molar-refractivity contribution in [2.24, 2.45) is 5.16 Å². The van der Waals surface area contributed by atoms with Crippen LogP contribution in [0.4, 0.5) is 14.5 Å². The molecule has 0 saturated heterocycles. The molecule has 6 heteroatoms. The minimum Gasteiger partial charge on any atom is -0.411 e. The summed E-state index contributed by atoms with van der Waals surface area (Å²) >= 11 is 0. The van der Waals surface area contributed by atoms with Crippen LogP contribution in [-0.4, -0.2) is 16.8 Å². The first-order chi connectivity index (χ1) is 10.0. The maximum Gasteiger partial charge on any atom is 0.261 e. The molecule has 0 heterocycles. The molecule has 2 rings (SSSR count). The van der Waals surface area contributed by atoms with Crippen molar-refractivity contribution >= 4 is 17.3 Å². The van der Waals surface area contributed by atoms with Crippen molar-refractivity contribution in [3.63, 3.8) is 0 Å². The molecule has 2 aromatic rings. The van der Waals surface area contributed by atoms with E-state index in [1.54, 1.807) is 31.2 Å². The lowest BCUT2D eigenvalue weighted by Crippen LogP contribution is -2.15. The molecule has 2 N–H and O–H groups in total. The summed E-state index contributed by atoms with van der Waals surface area (Å²) in [5.74, 6) is -2.72. The van der Waals surface area contributed by atoms with Crippen LogP contribution in [0.3, 0.4) is 0 Å². The van der Waals surface area contributed by atoms with Crippen molar-refractivity contribution in [1.82, 2.24) is 0 Å². The quantitative estimate of drug-likeness (QED) is 0.517. The highest BCUT2D eigenvalue weighted by molar-refractivity contribution is 6.05. The summed E-state index contributed by atoms with van der Waals surface area (Å²) in [6, 6.07) is 9.53. The van der Waals surface area contributed by atoms with Gasteiger partial charge in [-0.2, -0.15) is 0 Å². The van der Waals surface area contributed by atoms with E-state index in [1.165, 1.54) is 6.07 Å². The van der Waals surface area contributed by atoms with E-state index in [0.717, 1.165) is 12.1 Å². The van der Waals surface area contributed by atoms with Crippen molar-refractivity contribution in [2.75, 3.05) is 5.32 Å². The second-order valence-electron chi connectivity index (χ2n) is 4.31. The maximum atomic E-state index is 13.5. The second kappa shape index (κ2) is 6.13. The number of anilines is 1. The van der Waals surface area contributed by atoms with E-state index < -0.39 is 23.1 Å². The Kier molecular flexibility index (Phi) is 4.27. The van der Waals surface area contributed by atoms with Crippen LogP contribution in [-0.2, 0) is 0 Å². The lowest BCUT2D eigenvalue weighted by molar-refractivity contribution is 0.101. The van der Waals surface area contributed by atoms with Crippen LogP contribution in [0.15, 0.2) is 47.6 Å². The number of hydrogen-bond donors (Lipinski definition) is 2. The molecule has 1 amide bonds. The van der Waals surface area contributed by atoms with Gasteiger partial charge in [0.1, 0.15) is 17.2 Å². The Balaban J connectivity index is 2.20. The van der Waals surface area contributed by atoms with Crippen molar-refractivity contribution in [3.8, 4) is 0 Å². The lowest BCUT2D eigenvalue weighted by atomic mass is 10.1. The predicted octanol–water partition coefficient (Wildman–Crippen LogP) is 3.42. The third-order valence-electron chi connectivity index (χ3n) is 2.90. The first-order valence-corrected chi connectivity index (χ1v) is 6.07. The summed E-state index contributed by atoms with van der Waals surface area (Å²) in [5, 5.41) is 14.1. The standard InChI is InChI=1S/C15H12F2N2O2/c1-9(19-21)10-5-7-11(8-6-10)18-15(20)14-12(16)3-2-4-13(14)17/h2-8,21H,1H3,(H,18,20)/b19-9+. The lowest BCUT2D eigenvalue weighted by Gasteiger charge is -2.07. The number of carbonyl (C=O) groups is 1. The van der Waals surface area contributed by atoms with E-state index in [2.05, 4.69) is 10.5 Å². The number of oxime groups is 1. The molecule has 21 heavy (non-hydrogen) atoms. The molecule has 0 saturated carbocycles. The molecule has 0 radical (unpaired) electrons. The zero-order chi connectivity index (χ0) is 15.4. The molecule has 108 valence electrons. The van der Waals surface area contributed by atoms with Crippen molar-refractivity contribution in [1.29, 1.82) is 0 Å².